The molecule has 0 spiro atoms. The van der Waals surface area contributed by atoms with Gasteiger partial charge in [0, 0.05) is 0 Å². The van der Waals surface area contributed by atoms with Crippen molar-refractivity contribution in [2.45, 2.75) is 51.6 Å². The highest BCUT2D eigenvalue weighted by Gasteiger charge is 2.01. The second kappa shape index (κ2) is 8.81. The topological polar surface area (TPSA) is 72.6 Å². The van der Waals surface area contributed by atoms with Gasteiger partial charge in [0.25, 0.3) is 0 Å². The fraction of sp³-hybridized carbons (Fsp3) is 0.900. The van der Waals surface area contributed by atoms with E-state index in [9.17, 15) is 9.90 Å². The highest BCUT2D eigenvalue weighted by molar-refractivity contribution is 5.64. The lowest BCUT2D eigenvalue weighted by Crippen LogP contribution is -2.13. The van der Waals surface area contributed by atoms with Crippen LogP contribution in [0.5, 0.6) is 0 Å². The van der Waals surface area contributed by atoms with Crippen molar-refractivity contribution in [3.8, 4) is 0 Å². The van der Waals surface area contributed by atoms with Gasteiger partial charge in [-0.25, -0.2) is 4.79 Å². The summed E-state index contributed by atoms with van der Waals surface area (Å²) >= 11 is 0. The summed E-state index contributed by atoms with van der Waals surface area (Å²) in [7, 11) is 0. The van der Waals surface area contributed by atoms with Crippen LogP contribution in [-0.2, 0) is 4.74 Å². The summed E-state index contributed by atoms with van der Waals surface area (Å²) in [6, 6.07) is 0. The summed E-state index contributed by atoms with van der Waals surface area (Å²) in [4.78, 5) is 10.2. The second-order valence-corrected chi connectivity index (χ2v) is 3.46. The van der Waals surface area contributed by atoms with E-state index in [2.05, 4.69) is 11.7 Å². The Bertz CT molecular complexity index is 150. The van der Waals surface area contributed by atoms with Crippen LogP contribution >= 0.6 is 0 Å². The fourth-order valence-corrected chi connectivity index (χ4v) is 1.31. The van der Waals surface area contributed by atoms with E-state index in [-0.39, 0.29) is 6.10 Å². The van der Waals surface area contributed by atoms with Crippen molar-refractivity contribution in [2.24, 2.45) is 5.73 Å². The summed E-state index contributed by atoms with van der Waals surface area (Å²) in [6.45, 7) is 2.45. The number of unbranched alkanes of at least 4 members (excludes halogenated alkanes) is 2. The molecule has 0 radical (unpaired) electrons. The third-order valence-electron chi connectivity index (χ3n) is 2.05. The van der Waals surface area contributed by atoms with Crippen LogP contribution in [0, 0.1) is 0 Å². The van der Waals surface area contributed by atoms with Gasteiger partial charge < -0.3 is 15.6 Å². The Kier molecular flexibility index (Phi) is 8.33. The molecule has 0 aromatic carbocycles. The van der Waals surface area contributed by atoms with E-state index in [1.54, 1.807) is 0 Å². The van der Waals surface area contributed by atoms with Gasteiger partial charge in [-0.15, -0.1) is 0 Å². The maximum absolute atomic E-state index is 10.2. The molecule has 0 saturated heterocycles. The first-order valence-corrected chi connectivity index (χ1v) is 5.27. The second-order valence-electron chi connectivity index (χ2n) is 3.46. The van der Waals surface area contributed by atoms with E-state index in [4.69, 9.17) is 5.73 Å². The lowest BCUT2D eigenvalue weighted by Gasteiger charge is -2.08. The molecular formula is C10H21NO3. The first-order valence-electron chi connectivity index (χ1n) is 5.27. The molecule has 0 aromatic heterocycles. The number of aliphatic hydroxyl groups is 1. The predicted octanol–water partition coefficient (Wildman–Crippen LogP) is 1.80. The Morgan fingerprint density at radius 3 is 2.64 bits per heavy atom. The van der Waals surface area contributed by atoms with Crippen molar-refractivity contribution >= 4 is 6.09 Å². The molecule has 0 rings (SSSR count). The molecule has 1 amide bonds. The SMILES string of the molecule is CCCC(O)CCCCCOC(N)=O. The maximum Gasteiger partial charge on any atom is 0.404 e. The summed E-state index contributed by atoms with van der Waals surface area (Å²) in [5.41, 5.74) is 4.79. The number of primary amides is 1. The van der Waals surface area contributed by atoms with Gasteiger partial charge in [-0.05, 0) is 25.7 Å². The van der Waals surface area contributed by atoms with Crippen LogP contribution < -0.4 is 5.73 Å². The normalized spacial score (nSPS) is 12.4. The predicted molar refractivity (Wildman–Crippen MR) is 54.9 cm³/mol. The molecule has 0 fully saturated rings. The van der Waals surface area contributed by atoms with Crippen molar-refractivity contribution in [1.82, 2.24) is 0 Å². The minimum atomic E-state index is -0.712. The van der Waals surface area contributed by atoms with Gasteiger partial charge in [0.2, 0.25) is 0 Å². The summed E-state index contributed by atoms with van der Waals surface area (Å²) in [6.07, 6.45) is 4.61. The molecule has 0 bridgehead atoms. The highest BCUT2D eigenvalue weighted by atomic mass is 16.5. The quantitative estimate of drug-likeness (QED) is 0.591. The molecule has 0 aromatic rings. The van der Waals surface area contributed by atoms with Crippen LogP contribution in [0.15, 0.2) is 0 Å². The van der Waals surface area contributed by atoms with Crippen LogP contribution in [0.1, 0.15) is 45.4 Å². The van der Waals surface area contributed by atoms with Gasteiger partial charge in [0.15, 0.2) is 0 Å². The number of amides is 1. The molecule has 84 valence electrons. The van der Waals surface area contributed by atoms with E-state index in [0.717, 1.165) is 38.5 Å². The Labute approximate surface area is 85.4 Å². The van der Waals surface area contributed by atoms with Crippen molar-refractivity contribution in [2.75, 3.05) is 6.61 Å². The molecule has 1 unspecified atom stereocenters. The standard InChI is InChI=1S/C10H21NO3/c1-2-6-9(12)7-4-3-5-8-14-10(11)13/h9,12H,2-8H2,1H3,(H2,11,13). The average Bonchev–Trinajstić information content (AvgIpc) is 2.11. The van der Waals surface area contributed by atoms with Crippen LogP contribution in [0.2, 0.25) is 0 Å². The molecule has 14 heavy (non-hydrogen) atoms. The Hall–Kier alpha value is -0.770. The lowest BCUT2D eigenvalue weighted by molar-refractivity contribution is 0.142. The molecular weight excluding hydrogens is 182 g/mol. The van der Waals surface area contributed by atoms with E-state index in [1.165, 1.54) is 0 Å². The fourth-order valence-electron chi connectivity index (χ4n) is 1.31. The van der Waals surface area contributed by atoms with Gasteiger partial charge >= 0.3 is 6.09 Å². The Morgan fingerprint density at radius 2 is 2.07 bits per heavy atom. The van der Waals surface area contributed by atoms with Gasteiger partial charge in [-0.1, -0.05) is 19.8 Å². The number of aliphatic hydroxyl groups excluding tert-OH is 1. The Balaban J connectivity index is 3.09. The van der Waals surface area contributed by atoms with Gasteiger partial charge in [0.05, 0.1) is 12.7 Å². The molecule has 0 aliphatic heterocycles. The molecule has 4 heteroatoms. The van der Waals surface area contributed by atoms with Crippen molar-refractivity contribution in [1.29, 1.82) is 0 Å². The van der Waals surface area contributed by atoms with Crippen molar-refractivity contribution in [3.63, 3.8) is 0 Å². The van der Waals surface area contributed by atoms with Crippen molar-refractivity contribution < 1.29 is 14.6 Å². The minimum Gasteiger partial charge on any atom is -0.450 e. The van der Waals surface area contributed by atoms with E-state index in [0.29, 0.717) is 6.61 Å². The first-order chi connectivity index (χ1) is 6.66. The summed E-state index contributed by atoms with van der Waals surface area (Å²) in [5.74, 6) is 0. The average molecular weight is 203 g/mol. The summed E-state index contributed by atoms with van der Waals surface area (Å²) < 4.78 is 4.57. The van der Waals surface area contributed by atoms with E-state index < -0.39 is 6.09 Å². The molecule has 0 aliphatic rings. The smallest absolute Gasteiger partial charge is 0.404 e. The van der Waals surface area contributed by atoms with Crippen LogP contribution in [0.4, 0.5) is 4.79 Å². The minimum absolute atomic E-state index is 0.169. The third-order valence-corrected chi connectivity index (χ3v) is 2.05. The first kappa shape index (κ1) is 13.2. The number of nitrogens with two attached hydrogens (primary N) is 1. The van der Waals surface area contributed by atoms with Gasteiger partial charge in [-0.2, -0.15) is 0 Å². The van der Waals surface area contributed by atoms with E-state index in [1.807, 2.05) is 0 Å². The number of hydrogen-bond acceptors (Lipinski definition) is 3. The number of hydrogen-bond donors (Lipinski definition) is 2. The zero-order valence-electron chi connectivity index (χ0n) is 8.87. The summed E-state index contributed by atoms with van der Waals surface area (Å²) in [5, 5.41) is 9.39. The molecule has 0 saturated carbocycles. The highest BCUT2D eigenvalue weighted by Crippen LogP contribution is 2.07. The molecule has 1 atom stereocenters. The number of carbonyl (C=O) groups excluding carboxylic acids is 1. The lowest BCUT2D eigenvalue weighted by atomic mass is 10.1. The number of carbonyl (C=O) groups is 1. The molecule has 0 heterocycles. The van der Waals surface area contributed by atoms with Crippen LogP contribution in [-0.4, -0.2) is 23.9 Å². The zero-order valence-corrected chi connectivity index (χ0v) is 8.87. The maximum atomic E-state index is 10.2. The van der Waals surface area contributed by atoms with E-state index >= 15 is 0 Å². The van der Waals surface area contributed by atoms with Gasteiger partial charge in [-0.3, -0.25) is 0 Å². The molecule has 0 aliphatic carbocycles. The molecule has 4 nitrogen and oxygen atoms in total. The number of ether oxygens (including phenoxy) is 1. The van der Waals surface area contributed by atoms with Crippen LogP contribution in [0.3, 0.4) is 0 Å². The third kappa shape index (κ3) is 9.32. The number of rotatable bonds is 8. The monoisotopic (exact) mass is 203 g/mol. The zero-order chi connectivity index (χ0) is 10.8. The largest absolute Gasteiger partial charge is 0.450 e. The van der Waals surface area contributed by atoms with Crippen molar-refractivity contribution in [3.05, 3.63) is 0 Å². The Morgan fingerprint density at radius 1 is 1.36 bits per heavy atom. The van der Waals surface area contributed by atoms with Gasteiger partial charge in [0.1, 0.15) is 0 Å². The van der Waals surface area contributed by atoms with Crippen LogP contribution in [0.25, 0.3) is 0 Å². The molecule has 3 N–H and O–H groups in total.